The van der Waals surface area contributed by atoms with Crippen LogP contribution in [0.25, 0.3) is 16.9 Å². The second kappa shape index (κ2) is 6.19. The number of benzene rings is 1. The van der Waals surface area contributed by atoms with E-state index in [2.05, 4.69) is 11.6 Å². The Hall–Kier alpha value is -3.09. The Morgan fingerprint density at radius 2 is 2.12 bits per heavy atom. The topological polar surface area (TPSA) is 71.1 Å². The predicted molar refractivity (Wildman–Crippen MR) is 92.0 cm³/mol. The van der Waals surface area contributed by atoms with E-state index in [0.717, 1.165) is 4.57 Å². The van der Waals surface area contributed by atoms with Gasteiger partial charge in [-0.15, -0.1) is 6.58 Å². The number of methoxy groups -OCH3 is 1. The molecule has 3 rings (SSSR count). The molecule has 0 radical (unpaired) electrons. The van der Waals surface area contributed by atoms with Gasteiger partial charge in [0.25, 0.3) is 5.56 Å². The summed E-state index contributed by atoms with van der Waals surface area (Å²) in [7, 11) is 1.56. The third-order valence-corrected chi connectivity index (χ3v) is 3.86. The standard InChI is InChI=1S/C17H18N4O3/c1-4-9-20-16(22)14-15(18-11-19(14)5-2)21(17(20)23)12-7-6-8-13(10-12)24-3/h4,6-8,10-11H,1,5,9H2,2-3H3. The Balaban J connectivity index is 2.46. The van der Waals surface area contributed by atoms with Crippen molar-refractivity contribution in [3.63, 3.8) is 0 Å². The van der Waals surface area contributed by atoms with E-state index in [-0.39, 0.29) is 12.1 Å². The lowest BCUT2D eigenvalue weighted by Crippen LogP contribution is -2.39. The Labute approximate surface area is 138 Å². The summed E-state index contributed by atoms with van der Waals surface area (Å²) in [6, 6.07) is 7.08. The van der Waals surface area contributed by atoms with Crippen molar-refractivity contribution in [2.24, 2.45) is 0 Å². The van der Waals surface area contributed by atoms with Crippen molar-refractivity contribution in [2.45, 2.75) is 20.0 Å². The van der Waals surface area contributed by atoms with E-state index in [1.807, 2.05) is 6.92 Å². The minimum absolute atomic E-state index is 0.131. The molecule has 0 N–H and O–H groups in total. The van der Waals surface area contributed by atoms with E-state index in [9.17, 15) is 9.59 Å². The molecule has 7 heteroatoms. The molecule has 124 valence electrons. The normalized spacial score (nSPS) is 10.9. The number of fused-ring (bicyclic) bond motifs is 1. The monoisotopic (exact) mass is 326 g/mol. The van der Waals surface area contributed by atoms with Gasteiger partial charge in [-0.05, 0) is 19.1 Å². The van der Waals surface area contributed by atoms with Crippen molar-refractivity contribution in [3.8, 4) is 11.4 Å². The highest BCUT2D eigenvalue weighted by Crippen LogP contribution is 2.18. The number of hydrogen-bond acceptors (Lipinski definition) is 4. The van der Waals surface area contributed by atoms with Crippen molar-refractivity contribution in [2.75, 3.05) is 7.11 Å². The quantitative estimate of drug-likeness (QED) is 0.667. The largest absolute Gasteiger partial charge is 0.497 e. The van der Waals surface area contributed by atoms with E-state index in [0.29, 0.717) is 29.1 Å². The average molecular weight is 326 g/mol. The number of imidazole rings is 1. The van der Waals surface area contributed by atoms with Crippen LogP contribution in [-0.2, 0) is 13.1 Å². The van der Waals surface area contributed by atoms with Crippen LogP contribution < -0.4 is 16.0 Å². The predicted octanol–water partition coefficient (Wildman–Crippen LogP) is 1.56. The van der Waals surface area contributed by atoms with Gasteiger partial charge in [0.2, 0.25) is 0 Å². The van der Waals surface area contributed by atoms with Gasteiger partial charge in [-0.2, -0.15) is 0 Å². The zero-order chi connectivity index (χ0) is 17.3. The van der Waals surface area contributed by atoms with Gasteiger partial charge in [0, 0.05) is 19.2 Å². The Morgan fingerprint density at radius 3 is 2.79 bits per heavy atom. The van der Waals surface area contributed by atoms with Crippen LogP contribution in [0.4, 0.5) is 0 Å². The number of ether oxygens (including phenoxy) is 1. The molecule has 24 heavy (non-hydrogen) atoms. The van der Waals surface area contributed by atoms with E-state index in [1.165, 1.54) is 10.6 Å². The molecule has 0 saturated heterocycles. The molecule has 0 aliphatic heterocycles. The van der Waals surface area contributed by atoms with E-state index in [4.69, 9.17) is 4.74 Å². The van der Waals surface area contributed by atoms with Gasteiger partial charge in [-0.25, -0.2) is 14.3 Å². The molecule has 0 fully saturated rings. The molecule has 0 amide bonds. The molecule has 0 saturated carbocycles. The Kier molecular flexibility index (Phi) is 4.07. The number of aryl methyl sites for hydroxylation is 1. The molecule has 2 aromatic heterocycles. The summed E-state index contributed by atoms with van der Waals surface area (Å²) in [5, 5.41) is 0. The molecule has 0 unspecified atom stereocenters. The van der Waals surface area contributed by atoms with Crippen molar-refractivity contribution < 1.29 is 4.74 Å². The first kappa shape index (κ1) is 15.8. The maximum absolute atomic E-state index is 12.9. The van der Waals surface area contributed by atoms with Crippen LogP contribution in [-0.4, -0.2) is 25.8 Å². The maximum Gasteiger partial charge on any atom is 0.337 e. The van der Waals surface area contributed by atoms with Crippen LogP contribution in [0.1, 0.15) is 6.92 Å². The summed E-state index contributed by atoms with van der Waals surface area (Å²) in [4.78, 5) is 29.9. The second-order valence-electron chi connectivity index (χ2n) is 5.23. The third-order valence-electron chi connectivity index (χ3n) is 3.86. The lowest BCUT2D eigenvalue weighted by Gasteiger charge is -2.12. The smallest absolute Gasteiger partial charge is 0.337 e. The van der Waals surface area contributed by atoms with Crippen molar-refractivity contribution in [3.05, 3.63) is 64.1 Å². The summed E-state index contributed by atoms with van der Waals surface area (Å²) in [5.41, 5.74) is 0.487. The van der Waals surface area contributed by atoms with Gasteiger partial charge in [0.15, 0.2) is 11.2 Å². The molecule has 0 atom stereocenters. The van der Waals surface area contributed by atoms with Crippen LogP contribution in [0, 0.1) is 0 Å². The summed E-state index contributed by atoms with van der Waals surface area (Å²) in [6.45, 7) is 6.25. The molecule has 2 heterocycles. The van der Waals surface area contributed by atoms with E-state index >= 15 is 0 Å². The third kappa shape index (κ3) is 2.34. The van der Waals surface area contributed by atoms with Crippen LogP contribution in [0.3, 0.4) is 0 Å². The molecule has 7 nitrogen and oxygen atoms in total. The lowest BCUT2D eigenvalue weighted by atomic mass is 10.3. The summed E-state index contributed by atoms with van der Waals surface area (Å²) in [6.07, 6.45) is 3.09. The highest BCUT2D eigenvalue weighted by Gasteiger charge is 2.18. The second-order valence-corrected chi connectivity index (χ2v) is 5.23. The van der Waals surface area contributed by atoms with Crippen molar-refractivity contribution >= 4 is 11.2 Å². The van der Waals surface area contributed by atoms with Gasteiger partial charge in [0.05, 0.1) is 19.1 Å². The van der Waals surface area contributed by atoms with E-state index < -0.39 is 5.69 Å². The fourth-order valence-corrected chi connectivity index (χ4v) is 2.69. The minimum Gasteiger partial charge on any atom is -0.497 e. The number of hydrogen-bond donors (Lipinski definition) is 0. The maximum atomic E-state index is 12.9. The van der Waals surface area contributed by atoms with Gasteiger partial charge >= 0.3 is 5.69 Å². The Morgan fingerprint density at radius 1 is 1.33 bits per heavy atom. The molecule has 0 spiro atoms. The fraction of sp³-hybridized carbons (Fsp3) is 0.235. The molecule has 0 aliphatic carbocycles. The average Bonchev–Trinajstić information content (AvgIpc) is 3.03. The molecule has 0 aliphatic rings. The molecule has 0 bridgehead atoms. The first-order valence-corrected chi connectivity index (χ1v) is 7.58. The van der Waals surface area contributed by atoms with Gasteiger partial charge in [-0.1, -0.05) is 12.1 Å². The van der Waals surface area contributed by atoms with Gasteiger partial charge in [0.1, 0.15) is 5.75 Å². The Bertz CT molecular complexity index is 1030. The summed E-state index contributed by atoms with van der Waals surface area (Å²) >= 11 is 0. The van der Waals surface area contributed by atoms with Crippen LogP contribution in [0.15, 0.2) is 52.8 Å². The number of rotatable bonds is 5. The van der Waals surface area contributed by atoms with Crippen LogP contribution in [0.2, 0.25) is 0 Å². The van der Waals surface area contributed by atoms with Gasteiger partial charge < -0.3 is 9.30 Å². The first-order chi connectivity index (χ1) is 11.6. The number of aromatic nitrogens is 4. The molecular weight excluding hydrogens is 308 g/mol. The molecule has 1 aromatic carbocycles. The number of nitrogens with zero attached hydrogens (tertiary/aromatic N) is 4. The van der Waals surface area contributed by atoms with Crippen molar-refractivity contribution in [1.82, 2.24) is 18.7 Å². The summed E-state index contributed by atoms with van der Waals surface area (Å²) < 4.78 is 9.54. The molecule has 3 aromatic rings. The highest BCUT2D eigenvalue weighted by atomic mass is 16.5. The SMILES string of the molecule is C=CCn1c(=O)c2c(ncn2CC)n(-c2cccc(OC)c2)c1=O. The highest BCUT2D eigenvalue weighted by molar-refractivity contribution is 5.72. The minimum atomic E-state index is -0.456. The summed E-state index contributed by atoms with van der Waals surface area (Å²) in [5.74, 6) is 0.615. The van der Waals surface area contributed by atoms with E-state index in [1.54, 1.807) is 42.3 Å². The van der Waals surface area contributed by atoms with Crippen molar-refractivity contribution in [1.29, 1.82) is 0 Å². The van der Waals surface area contributed by atoms with Crippen LogP contribution in [0.5, 0.6) is 5.75 Å². The zero-order valence-electron chi connectivity index (χ0n) is 13.6. The lowest BCUT2D eigenvalue weighted by molar-refractivity contribution is 0.414. The number of allylic oxidation sites excluding steroid dienone is 1. The molecular formula is C17H18N4O3. The van der Waals surface area contributed by atoms with Crippen LogP contribution >= 0.6 is 0 Å². The fourth-order valence-electron chi connectivity index (χ4n) is 2.69. The zero-order valence-corrected chi connectivity index (χ0v) is 13.6. The first-order valence-electron chi connectivity index (χ1n) is 7.58. The van der Waals surface area contributed by atoms with Gasteiger partial charge in [-0.3, -0.25) is 9.36 Å².